The SMILES string of the molecule is COCCN(CCNc1nc2nccc(C(=N)N(O)c3ccc(F)c(Cl)c3)c2[nH]1)C1CC1. The van der Waals surface area contributed by atoms with Crippen LogP contribution < -0.4 is 10.4 Å². The first-order chi connectivity index (χ1) is 15.5. The number of hydrogen-bond donors (Lipinski definition) is 4. The quantitative estimate of drug-likeness (QED) is 0.207. The van der Waals surface area contributed by atoms with Gasteiger partial charge in [0.25, 0.3) is 0 Å². The summed E-state index contributed by atoms with van der Waals surface area (Å²) in [5, 5.41) is 22.7. The Bertz CT molecular complexity index is 1100. The molecule has 1 aliphatic rings. The Morgan fingerprint density at radius 1 is 1.38 bits per heavy atom. The molecule has 4 rings (SSSR count). The minimum absolute atomic E-state index is 0.145. The summed E-state index contributed by atoms with van der Waals surface area (Å²) in [5.41, 5.74) is 1.48. The maximum absolute atomic E-state index is 13.4. The zero-order valence-electron chi connectivity index (χ0n) is 17.6. The number of aromatic amines is 1. The molecular formula is C21H25ClFN7O2. The number of hydrogen-bond acceptors (Lipinski definition) is 7. The number of aromatic nitrogens is 3. The monoisotopic (exact) mass is 461 g/mol. The average Bonchev–Trinajstić information content (AvgIpc) is 3.55. The average molecular weight is 462 g/mol. The predicted molar refractivity (Wildman–Crippen MR) is 121 cm³/mol. The molecule has 32 heavy (non-hydrogen) atoms. The van der Waals surface area contributed by atoms with E-state index in [1.807, 2.05) is 0 Å². The second kappa shape index (κ2) is 9.78. The molecule has 9 nitrogen and oxygen atoms in total. The number of nitrogens with zero attached hydrogens (tertiary/aromatic N) is 4. The van der Waals surface area contributed by atoms with Crippen LogP contribution in [0.1, 0.15) is 18.4 Å². The fourth-order valence-electron chi connectivity index (χ4n) is 3.50. The molecule has 0 radical (unpaired) electrons. The molecule has 4 N–H and O–H groups in total. The summed E-state index contributed by atoms with van der Waals surface area (Å²) in [5.74, 6) is -0.298. The standard InChI is InChI=1S/C21H25ClFN7O2/c1-32-11-10-29(13-2-3-13)9-8-26-21-27-18-15(6-7-25-20(18)28-21)19(24)30(31)14-4-5-17(23)16(22)12-14/h4-7,12-13,24,31H,2-3,8-11H2,1H3,(H2,25,26,27,28). The molecule has 1 aromatic carbocycles. The van der Waals surface area contributed by atoms with Gasteiger partial charge in [-0.2, -0.15) is 4.98 Å². The molecule has 1 saturated carbocycles. The predicted octanol–water partition coefficient (Wildman–Crippen LogP) is 3.49. The first kappa shape index (κ1) is 22.4. The Morgan fingerprint density at radius 2 is 2.19 bits per heavy atom. The summed E-state index contributed by atoms with van der Waals surface area (Å²) < 4.78 is 18.6. The highest BCUT2D eigenvalue weighted by Crippen LogP contribution is 2.27. The minimum atomic E-state index is -0.603. The van der Waals surface area contributed by atoms with Crippen LogP contribution in [-0.4, -0.2) is 70.3 Å². The summed E-state index contributed by atoms with van der Waals surface area (Å²) in [6.45, 7) is 3.14. The third-order valence-electron chi connectivity index (χ3n) is 5.34. The van der Waals surface area contributed by atoms with Gasteiger partial charge < -0.3 is 15.0 Å². The highest BCUT2D eigenvalue weighted by molar-refractivity contribution is 6.31. The molecule has 11 heteroatoms. The van der Waals surface area contributed by atoms with E-state index in [1.54, 1.807) is 13.2 Å². The van der Waals surface area contributed by atoms with Crippen LogP contribution in [0.15, 0.2) is 30.5 Å². The summed E-state index contributed by atoms with van der Waals surface area (Å²) in [7, 11) is 1.71. The van der Waals surface area contributed by atoms with Crippen LogP contribution in [0.2, 0.25) is 5.02 Å². The van der Waals surface area contributed by atoms with Gasteiger partial charge in [-0.05, 0) is 37.1 Å². The Hall–Kier alpha value is -2.79. The molecular weight excluding hydrogens is 437 g/mol. The number of amidine groups is 1. The molecule has 1 fully saturated rings. The van der Waals surface area contributed by atoms with E-state index >= 15 is 0 Å². The second-order valence-corrected chi connectivity index (χ2v) is 8.00. The van der Waals surface area contributed by atoms with Crippen molar-refractivity contribution >= 4 is 40.2 Å². The number of halogens is 2. The lowest BCUT2D eigenvalue weighted by atomic mass is 10.2. The van der Waals surface area contributed by atoms with Crippen molar-refractivity contribution in [2.24, 2.45) is 0 Å². The van der Waals surface area contributed by atoms with Crippen LogP contribution in [-0.2, 0) is 4.74 Å². The fourth-order valence-corrected chi connectivity index (χ4v) is 3.67. The number of ether oxygens (including phenoxy) is 1. The first-order valence-corrected chi connectivity index (χ1v) is 10.7. The number of benzene rings is 1. The van der Waals surface area contributed by atoms with Gasteiger partial charge in [0.1, 0.15) is 5.82 Å². The van der Waals surface area contributed by atoms with Gasteiger partial charge in [0.05, 0.1) is 22.8 Å². The number of imidazole rings is 1. The van der Waals surface area contributed by atoms with Crippen LogP contribution in [0.3, 0.4) is 0 Å². The third kappa shape index (κ3) is 4.99. The van der Waals surface area contributed by atoms with Gasteiger partial charge >= 0.3 is 0 Å². The molecule has 0 amide bonds. The molecule has 1 aliphatic carbocycles. The molecule has 0 unspecified atom stereocenters. The van der Waals surface area contributed by atoms with Crippen molar-refractivity contribution in [1.82, 2.24) is 19.9 Å². The van der Waals surface area contributed by atoms with Gasteiger partial charge in [0.2, 0.25) is 5.95 Å². The van der Waals surface area contributed by atoms with E-state index in [4.69, 9.17) is 21.7 Å². The van der Waals surface area contributed by atoms with Gasteiger partial charge in [0, 0.05) is 44.5 Å². The highest BCUT2D eigenvalue weighted by atomic mass is 35.5. The van der Waals surface area contributed by atoms with Crippen molar-refractivity contribution in [3.8, 4) is 0 Å². The summed E-state index contributed by atoms with van der Waals surface area (Å²) in [4.78, 5) is 14.2. The van der Waals surface area contributed by atoms with E-state index in [0.717, 1.165) is 19.2 Å². The summed E-state index contributed by atoms with van der Waals surface area (Å²) in [6, 6.07) is 5.95. The lowest BCUT2D eigenvalue weighted by Crippen LogP contribution is -2.34. The van der Waals surface area contributed by atoms with E-state index in [-0.39, 0.29) is 16.5 Å². The number of rotatable bonds is 10. The number of pyridine rings is 1. The van der Waals surface area contributed by atoms with Crippen LogP contribution in [0.25, 0.3) is 11.2 Å². The Labute approximate surface area is 189 Å². The molecule has 0 aliphatic heterocycles. The van der Waals surface area contributed by atoms with E-state index in [2.05, 4.69) is 25.2 Å². The van der Waals surface area contributed by atoms with Crippen LogP contribution in [0, 0.1) is 11.2 Å². The largest absolute Gasteiger partial charge is 0.383 e. The minimum Gasteiger partial charge on any atom is -0.383 e. The van der Waals surface area contributed by atoms with Crippen molar-refractivity contribution in [2.75, 3.05) is 43.7 Å². The van der Waals surface area contributed by atoms with Crippen LogP contribution >= 0.6 is 11.6 Å². The van der Waals surface area contributed by atoms with E-state index in [9.17, 15) is 9.60 Å². The summed E-state index contributed by atoms with van der Waals surface area (Å²) in [6.07, 6.45) is 3.96. The van der Waals surface area contributed by atoms with E-state index in [1.165, 1.54) is 31.2 Å². The van der Waals surface area contributed by atoms with Crippen LogP contribution in [0.5, 0.6) is 0 Å². The number of hydroxylamine groups is 1. The number of anilines is 2. The molecule has 0 spiro atoms. The summed E-state index contributed by atoms with van der Waals surface area (Å²) >= 11 is 5.80. The van der Waals surface area contributed by atoms with Gasteiger partial charge in [0.15, 0.2) is 11.5 Å². The van der Waals surface area contributed by atoms with Gasteiger partial charge in [-0.25, -0.2) is 14.4 Å². The number of H-pyrrole nitrogens is 1. The molecule has 0 bridgehead atoms. The Morgan fingerprint density at radius 3 is 2.91 bits per heavy atom. The van der Waals surface area contributed by atoms with E-state index < -0.39 is 5.82 Å². The zero-order chi connectivity index (χ0) is 22.7. The zero-order valence-corrected chi connectivity index (χ0v) is 18.4. The molecule has 0 atom stereocenters. The van der Waals surface area contributed by atoms with Gasteiger partial charge in [-0.1, -0.05) is 11.6 Å². The lowest BCUT2D eigenvalue weighted by Gasteiger charge is -2.21. The van der Waals surface area contributed by atoms with Crippen molar-refractivity contribution < 1.29 is 14.3 Å². The molecule has 170 valence electrons. The molecule has 0 saturated heterocycles. The topological polar surface area (TPSA) is 113 Å². The highest BCUT2D eigenvalue weighted by Gasteiger charge is 2.28. The second-order valence-electron chi connectivity index (χ2n) is 7.59. The smallest absolute Gasteiger partial charge is 0.202 e. The normalized spacial score (nSPS) is 13.7. The molecule has 3 aromatic rings. The van der Waals surface area contributed by atoms with Crippen molar-refractivity contribution in [3.63, 3.8) is 0 Å². The maximum atomic E-state index is 13.4. The van der Waals surface area contributed by atoms with E-state index in [0.29, 0.717) is 46.9 Å². The van der Waals surface area contributed by atoms with Gasteiger partial charge in [-0.15, -0.1) is 0 Å². The van der Waals surface area contributed by atoms with Crippen LogP contribution in [0.4, 0.5) is 16.0 Å². The Kier molecular flexibility index (Phi) is 6.85. The number of fused-ring (bicyclic) bond motifs is 1. The Balaban J connectivity index is 1.46. The van der Waals surface area contributed by atoms with Crippen molar-refractivity contribution in [2.45, 2.75) is 18.9 Å². The van der Waals surface area contributed by atoms with Crippen molar-refractivity contribution in [3.05, 3.63) is 46.9 Å². The first-order valence-electron chi connectivity index (χ1n) is 10.3. The van der Waals surface area contributed by atoms with Crippen molar-refractivity contribution in [1.29, 1.82) is 5.41 Å². The van der Waals surface area contributed by atoms with Gasteiger partial charge in [-0.3, -0.25) is 15.5 Å². The number of methoxy groups -OCH3 is 1. The maximum Gasteiger partial charge on any atom is 0.202 e. The molecule has 2 aromatic heterocycles. The lowest BCUT2D eigenvalue weighted by molar-refractivity contribution is 0.146. The molecule has 2 heterocycles. The third-order valence-corrected chi connectivity index (χ3v) is 5.63. The number of nitrogens with one attached hydrogen (secondary N) is 3. The fraction of sp³-hybridized carbons (Fsp3) is 0.381.